The monoisotopic (exact) mass is 918 g/mol. The molecule has 0 aromatic rings. The minimum Gasteiger partial charge on any atom is -0.394 e. The van der Waals surface area contributed by atoms with Crippen molar-refractivity contribution >= 4 is 5.91 Å². The van der Waals surface area contributed by atoms with Crippen LogP contribution in [0.25, 0.3) is 0 Å². The van der Waals surface area contributed by atoms with Gasteiger partial charge in [-0.05, 0) is 70.6 Å². The van der Waals surface area contributed by atoms with Crippen molar-refractivity contribution in [1.29, 1.82) is 0 Å². The van der Waals surface area contributed by atoms with Crippen LogP contribution in [0, 0.1) is 0 Å². The summed E-state index contributed by atoms with van der Waals surface area (Å²) in [6, 6.07) is -0.976. The van der Waals surface area contributed by atoms with E-state index < -0.39 is 86.8 Å². The van der Waals surface area contributed by atoms with Gasteiger partial charge in [-0.2, -0.15) is 0 Å². The number of allylic oxidation sites excluding steroid dienone is 15. The van der Waals surface area contributed by atoms with Gasteiger partial charge < -0.3 is 65.1 Å². The van der Waals surface area contributed by atoms with E-state index in [9.17, 15) is 45.6 Å². The summed E-state index contributed by atoms with van der Waals surface area (Å²) in [5.41, 5.74) is 0. The van der Waals surface area contributed by atoms with Crippen LogP contribution in [0.5, 0.6) is 0 Å². The molecule has 65 heavy (non-hydrogen) atoms. The average molecular weight is 918 g/mol. The van der Waals surface area contributed by atoms with E-state index >= 15 is 0 Å². The lowest BCUT2D eigenvalue weighted by molar-refractivity contribution is -0.359. The predicted octanol–water partition coefficient (Wildman–Crippen LogP) is 5.59. The van der Waals surface area contributed by atoms with E-state index in [2.05, 4.69) is 92.1 Å². The lowest BCUT2D eigenvalue weighted by Crippen LogP contribution is -2.65. The molecule has 0 saturated carbocycles. The van der Waals surface area contributed by atoms with Crippen molar-refractivity contribution in [2.24, 2.45) is 0 Å². The molecule has 14 nitrogen and oxygen atoms in total. The Hall–Kier alpha value is -3.09. The maximum absolute atomic E-state index is 13.1. The molecule has 2 rings (SSSR count). The highest BCUT2D eigenvalue weighted by atomic mass is 16.7. The maximum Gasteiger partial charge on any atom is 0.220 e. The van der Waals surface area contributed by atoms with Gasteiger partial charge in [0.15, 0.2) is 12.6 Å². The molecule has 2 saturated heterocycles. The quantitative estimate of drug-likeness (QED) is 0.0284. The maximum atomic E-state index is 13.1. The van der Waals surface area contributed by atoms with Gasteiger partial charge in [0.25, 0.3) is 0 Å². The van der Waals surface area contributed by atoms with Crippen molar-refractivity contribution in [2.45, 2.75) is 197 Å². The third kappa shape index (κ3) is 24.5. The van der Waals surface area contributed by atoms with E-state index in [1.54, 1.807) is 6.08 Å². The van der Waals surface area contributed by atoms with Crippen LogP contribution in [0.2, 0.25) is 0 Å². The molecule has 2 aliphatic heterocycles. The van der Waals surface area contributed by atoms with Gasteiger partial charge in [0.2, 0.25) is 5.91 Å². The first-order valence-electron chi connectivity index (χ1n) is 24.0. The lowest BCUT2D eigenvalue weighted by Gasteiger charge is -2.46. The largest absolute Gasteiger partial charge is 0.394 e. The topological polar surface area (TPSA) is 228 Å². The number of nitrogens with one attached hydrogen (secondary N) is 1. The van der Waals surface area contributed by atoms with Crippen molar-refractivity contribution in [1.82, 2.24) is 5.32 Å². The van der Waals surface area contributed by atoms with Crippen molar-refractivity contribution in [2.75, 3.05) is 19.8 Å². The summed E-state index contributed by atoms with van der Waals surface area (Å²) in [4.78, 5) is 13.1. The summed E-state index contributed by atoms with van der Waals surface area (Å²) in [7, 11) is 0. The van der Waals surface area contributed by atoms with Gasteiger partial charge in [-0.15, -0.1) is 0 Å². The van der Waals surface area contributed by atoms with Crippen molar-refractivity contribution in [3.8, 4) is 0 Å². The van der Waals surface area contributed by atoms with Crippen LogP contribution in [-0.2, 0) is 23.7 Å². The molecule has 0 aromatic heterocycles. The number of hydrogen-bond acceptors (Lipinski definition) is 13. The summed E-state index contributed by atoms with van der Waals surface area (Å²) < 4.78 is 22.6. The zero-order valence-corrected chi connectivity index (χ0v) is 38.9. The Labute approximate surface area is 388 Å². The highest BCUT2D eigenvalue weighted by Crippen LogP contribution is 2.30. The van der Waals surface area contributed by atoms with Crippen LogP contribution in [0.1, 0.15) is 123 Å². The molecular formula is C51H83NO13. The van der Waals surface area contributed by atoms with Crippen LogP contribution < -0.4 is 5.32 Å². The van der Waals surface area contributed by atoms with Gasteiger partial charge in [0, 0.05) is 6.42 Å². The fourth-order valence-corrected chi connectivity index (χ4v) is 7.09. The van der Waals surface area contributed by atoms with Crippen LogP contribution in [0.4, 0.5) is 0 Å². The Bertz CT molecular complexity index is 1460. The predicted molar refractivity (Wildman–Crippen MR) is 253 cm³/mol. The molecular weight excluding hydrogens is 835 g/mol. The van der Waals surface area contributed by atoms with Crippen LogP contribution in [0.15, 0.2) is 97.2 Å². The molecule has 14 heteroatoms. The van der Waals surface area contributed by atoms with E-state index in [-0.39, 0.29) is 18.9 Å². The van der Waals surface area contributed by atoms with Crippen molar-refractivity contribution in [3.63, 3.8) is 0 Å². The Kier molecular flexibility index (Phi) is 33.0. The normalized spacial score (nSPS) is 27.9. The fourth-order valence-electron chi connectivity index (χ4n) is 7.09. The number of unbranched alkanes of at least 4 members (excludes halogenated alkanes) is 7. The first-order valence-corrected chi connectivity index (χ1v) is 24.0. The van der Waals surface area contributed by atoms with Crippen LogP contribution in [0.3, 0.4) is 0 Å². The first-order chi connectivity index (χ1) is 31.6. The SMILES string of the molecule is CC/C=C\C/C=C\C/C=C\C/C=C\C/C=C\C/C=C\CCC(=O)NC(COC1OC(CO)C(OC2OC(CO)C(O)C(O)C2O)C(O)C1O)C(O)/C=C/CC/C=C/CCCCCCCC. The molecule has 2 aliphatic rings. The lowest BCUT2D eigenvalue weighted by atomic mass is 9.97. The molecule has 2 heterocycles. The van der Waals surface area contributed by atoms with Crippen molar-refractivity contribution < 1.29 is 64.6 Å². The molecule has 12 unspecified atom stereocenters. The summed E-state index contributed by atoms with van der Waals surface area (Å²) in [6.07, 6.45) is 31.8. The van der Waals surface area contributed by atoms with E-state index in [1.807, 2.05) is 18.2 Å². The fraction of sp³-hybridized carbons (Fsp3) is 0.667. The minimum atomic E-state index is -1.80. The molecule has 0 aliphatic carbocycles. The Balaban J connectivity index is 1.92. The number of hydrogen-bond donors (Lipinski definition) is 9. The van der Waals surface area contributed by atoms with E-state index in [4.69, 9.17) is 18.9 Å². The second-order valence-electron chi connectivity index (χ2n) is 16.5. The summed E-state index contributed by atoms with van der Waals surface area (Å²) in [5, 5.41) is 86.5. The van der Waals surface area contributed by atoms with Gasteiger partial charge in [0.1, 0.15) is 48.8 Å². The van der Waals surface area contributed by atoms with Gasteiger partial charge in [-0.1, -0.05) is 143 Å². The molecule has 9 N–H and O–H groups in total. The number of amides is 1. The van der Waals surface area contributed by atoms with Crippen molar-refractivity contribution in [3.05, 3.63) is 97.2 Å². The number of carbonyl (C=O) groups excluding carboxylic acids is 1. The number of rotatable bonds is 34. The Morgan fingerprint density at radius 3 is 1.68 bits per heavy atom. The molecule has 0 spiro atoms. The number of aliphatic hydroxyl groups is 8. The molecule has 370 valence electrons. The molecule has 0 bridgehead atoms. The van der Waals surface area contributed by atoms with E-state index in [0.29, 0.717) is 12.8 Å². The summed E-state index contributed by atoms with van der Waals surface area (Å²) >= 11 is 0. The number of carbonyl (C=O) groups is 1. The number of aliphatic hydroxyl groups excluding tert-OH is 8. The molecule has 12 atom stereocenters. The molecule has 0 radical (unpaired) electrons. The second-order valence-corrected chi connectivity index (χ2v) is 16.5. The summed E-state index contributed by atoms with van der Waals surface area (Å²) in [5.74, 6) is -0.338. The van der Waals surface area contributed by atoms with E-state index in [0.717, 1.165) is 57.8 Å². The first kappa shape index (κ1) is 58.0. The number of ether oxygens (including phenoxy) is 4. The van der Waals surface area contributed by atoms with Gasteiger partial charge in [-0.25, -0.2) is 0 Å². The zero-order chi connectivity index (χ0) is 47.5. The van der Waals surface area contributed by atoms with Crippen LogP contribution >= 0.6 is 0 Å². The Morgan fingerprint density at radius 1 is 0.569 bits per heavy atom. The second kappa shape index (κ2) is 37.0. The standard InChI is InChI=1S/C51H83NO13/c1-3-5-7-9-11-13-15-17-18-19-20-21-22-23-25-27-29-31-33-35-43(56)52-39(40(55)34-32-30-28-26-24-16-14-12-10-8-6-4-2)38-62-50-48(61)46(59)49(42(37-54)64-50)65-51-47(60)45(58)44(57)41(36-53)63-51/h5,7,11,13,17-18,20-21,23-26,29,31-32,34,39-42,44-51,53-55,57-61H,3-4,6,8-10,12,14-16,19,22,27-28,30,33,35-38H2,1-2H3,(H,52,56)/b7-5-,13-11-,18-17-,21-20-,25-23-,26-24+,31-29-,34-32+. The smallest absolute Gasteiger partial charge is 0.220 e. The molecule has 2 fully saturated rings. The highest BCUT2D eigenvalue weighted by molar-refractivity contribution is 5.76. The minimum absolute atomic E-state index is 0.142. The average Bonchev–Trinajstić information content (AvgIpc) is 3.30. The highest BCUT2D eigenvalue weighted by Gasteiger charge is 2.50. The van der Waals surface area contributed by atoms with Crippen LogP contribution in [-0.4, -0.2) is 140 Å². The third-order valence-electron chi connectivity index (χ3n) is 11.0. The molecule has 0 aromatic carbocycles. The van der Waals surface area contributed by atoms with Gasteiger partial charge in [-0.3, -0.25) is 4.79 Å². The van der Waals surface area contributed by atoms with Gasteiger partial charge >= 0.3 is 0 Å². The Morgan fingerprint density at radius 2 is 1.08 bits per heavy atom. The third-order valence-corrected chi connectivity index (χ3v) is 11.0. The van der Waals surface area contributed by atoms with E-state index in [1.165, 1.54) is 32.1 Å². The zero-order valence-electron chi connectivity index (χ0n) is 38.9. The van der Waals surface area contributed by atoms with Gasteiger partial charge in [0.05, 0.1) is 32.0 Å². The molecule has 1 amide bonds. The summed E-state index contributed by atoms with van der Waals surface area (Å²) in [6.45, 7) is 2.54.